The molecule has 0 unspecified atom stereocenters. The number of urea groups is 1. The molecule has 4 amide bonds. The van der Waals surface area contributed by atoms with Gasteiger partial charge in [0.2, 0.25) is 11.8 Å². The second-order valence-electron chi connectivity index (χ2n) is 11.4. The molecule has 13 heteroatoms. The Labute approximate surface area is 276 Å². The van der Waals surface area contributed by atoms with Crippen LogP contribution in [0.1, 0.15) is 22.3 Å². The zero-order valence-corrected chi connectivity index (χ0v) is 26.9. The van der Waals surface area contributed by atoms with Gasteiger partial charge in [0.15, 0.2) is 5.13 Å². The molecule has 3 heterocycles. The number of carbonyl (C=O) groups excluding carboxylic acids is 4. The fourth-order valence-corrected chi connectivity index (χ4v) is 6.88. The van der Waals surface area contributed by atoms with Crippen molar-refractivity contribution in [1.29, 1.82) is 0 Å². The van der Waals surface area contributed by atoms with Gasteiger partial charge in [-0.15, -0.1) is 0 Å². The van der Waals surface area contributed by atoms with Crippen LogP contribution in [0.3, 0.4) is 0 Å². The summed E-state index contributed by atoms with van der Waals surface area (Å²) in [5, 5.41) is 6.51. The first-order chi connectivity index (χ1) is 22.7. The van der Waals surface area contributed by atoms with Crippen LogP contribution in [0.4, 0.5) is 9.93 Å². The SMILES string of the molecule is COc1ccc(CNC(=O)N(C)N2CC(=O)N3[C@@H](Cc4ccc(/C=C\C=O)cc4)C(=O)N(Cc4cccc5sc(N)nc45)C[C@@H]32)cc1. The predicted octanol–water partition coefficient (Wildman–Crippen LogP) is 3.28. The van der Waals surface area contributed by atoms with Crippen molar-refractivity contribution in [3.8, 4) is 5.75 Å². The lowest BCUT2D eigenvalue weighted by Crippen LogP contribution is -2.65. The van der Waals surface area contributed by atoms with Crippen LogP contribution in [-0.4, -0.2) is 88.4 Å². The summed E-state index contributed by atoms with van der Waals surface area (Å²) in [6.07, 6.45) is 3.54. The van der Waals surface area contributed by atoms with Crippen LogP contribution in [0.25, 0.3) is 16.3 Å². The van der Waals surface area contributed by atoms with E-state index in [2.05, 4.69) is 10.3 Å². The van der Waals surface area contributed by atoms with Gasteiger partial charge in [-0.1, -0.05) is 65.9 Å². The summed E-state index contributed by atoms with van der Waals surface area (Å²) in [6.45, 7) is 0.700. The van der Waals surface area contributed by atoms with E-state index < -0.39 is 12.2 Å². The number of rotatable bonds is 10. The number of ether oxygens (including phenoxy) is 1. The van der Waals surface area contributed by atoms with Crippen LogP contribution in [0.5, 0.6) is 5.75 Å². The van der Waals surface area contributed by atoms with Crippen molar-refractivity contribution in [2.75, 3.05) is 33.0 Å². The Bertz CT molecular complexity index is 1820. The number of nitrogens with two attached hydrogens (primary N) is 1. The number of hydrogen-bond donors (Lipinski definition) is 2. The van der Waals surface area contributed by atoms with Crippen molar-refractivity contribution in [3.63, 3.8) is 0 Å². The van der Waals surface area contributed by atoms with Crippen molar-refractivity contribution in [2.45, 2.75) is 31.7 Å². The second kappa shape index (κ2) is 13.6. The van der Waals surface area contributed by atoms with Gasteiger partial charge in [0, 0.05) is 26.6 Å². The Balaban J connectivity index is 1.26. The highest BCUT2D eigenvalue weighted by Crippen LogP contribution is 2.32. The quantitative estimate of drug-likeness (QED) is 0.196. The lowest BCUT2D eigenvalue weighted by Gasteiger charge is -2.45. The van der Waals surface area contributed by atoms with Gasteiger partial charge in [-0.05, 0) is 46.5 Å². The number of carbonyl (C=O) groups is 4. The number of methoxy groups -OCH3 is 1. The summed E-state index contributed by atoms with van der Waals surface area (Å²) in [6, 6.07) is 19.5. The molecule has 3 N–H and O–H groups in total. The topological polar surface area (TPSA) is 141 Å². The average molecular weight is 654 g/mol. The normalized spacial score (nSPS) is 18.2. The first kappa shape index (κ1) is 31.7. The van der Waals surface area contributed by atoms with Crippen LogP contribution < -0.4 is 15.8 Å². The van der Waals surface area contributed by atoms with Crippen LogP contribution in [0, 0.1) is 0 Å². The molecular formula is C34H35N7O5S. The van der Waals surface area contributed by atoms with Gasteiger partial charge in [-0.3, -0.25) is 19.4 Å². The molecule has 3 aromatic carbocycles. The molecule has 2 fully saturated rings. The number of anilines is 1. The molecule has 242 valence electrons. The summed E-state index contributed by atoms with van der Waals surface area (Å²) in [5.74, 6) is 0.301. The van der Waals surface area contributed by atoms with Crippen molar-refractivity contribution in [1.82, 2.24) is 30.1 Å². The molecule has 0 aliphatic carbocycles. The fourth-order valence-electron chi connectivity index (χ4n) is 6.10. The number of para-hydroxylation sites is 1. The number of nitrogen functional groups attached to an aromatic ring is 1. The smallest absolute Gasteiger partial charge is 0.332 e. The molecule has 2 aliphatic rings. The molecule has 47 heavy (non-hydrogen) atoms. The highest BCUT2D eigenvalue weighted by molar-refractivity contribution is 7.22. The number of allylic oxidation sites excluding steroid dienone is 1. The standard InChI is InChI=1S/C34H35N7O5S/c1-38(34(45)36-18-24-12-14-26(46-2)15-13-24)40-21-30(43)41-27(17-23-10-8-22(9-11-23)5-4-16-42)32(44)39(20-29(40)41)19-25-6-3-7-28-31(25)37-33(35)47-28/h3-16,27,29H,17-21H2,1-2H3,(H2,35,37)(H,36,45)/b5-4-/t27-,29+/m0/s1. The van der Waals surface area contributed by atoms with Crippen LogP contribution >= 0.6 is 11.3 Å². The Kier molecular flexibility index (Phi) is 9.18. The maximum absolute atomic E-state index is 14.2. The second-order valence-corrected chi connectivity index (χ2v) is 12.5. The summed E-state index contributed by atoms with van der Waals surface area (Å²) in [5.41, 5.74) is 10.2. The third-order valence-corrected chi connectivity index (χ3v) is 9.35. The van der Waals surface area contributed by atoms with Gasteiger partial charge in [0.05, 0.1) is 30.4 Å². The number of nitrogens with zero attached hydrogens (tertiary/aromatic N) is 5. The predicted molar refractivity (Wildman–Crippen MR) is 179 cm³/mol. The Morgan fingerprint density at radius 1 is 1.11 bits per heavy atom. The average Bonchev–Trinajstić information content (AvgIpc) is 3.63. The molecule has 0 saturated carbocycles. The highest BCUT2D eigenvalue weighted by atomic mass is 32.1. The first-order valence-corrected chi connectivity index (χ1v) is 15.9. The molecule has 6 rings (SSSR count). The number of fused-ring (bicyclic) bond motifs is 2. The lowest BCUT2D eigenvalue weighted by molar-refractivity contribution is -0.157. The van der Waals surface area contributed by atoms with Gasteiger partial charge >= 0.3 is 6.03 Å². The zero-order valence-electron chi connectivity index (χ0n) is 26.0. The first-order valence-electron chi connectivity index (χ1n) is 15.1. The van der Waals surface area contributed by atoms with E-state index in [-0.39, 0.29) is 50.4 Å². The van der Waals surface area contributed by atoms with E-state index in [1.807, 2.05) is 66.7 Å². The Hall–Kier alpha value is -5.27. The van der Waals surface area contributed by atoms with Gasteiger partial charge in [0.25, 0.3) is 0 Å². The summed E-state index contributed by atoms with van der Waals surface area (Å²) in [4.78, 5) is 59.8. The number of hydrogen-bond acceptors (Lipinski definition) is 9. The van der Waals surface area contributed by atoms with E-state index in [0.717, 1.165) is 38.2 Å². The van der Waals surface area contributed by atoms with Crippen LogP contribution in [-0.2, 0) is 33.9 Å². The van der Waals surface area contributed by atoms with E-state index in [4.69, 9.17) is 10.5 Å². The molecule has 1 aromatic heterocycles. The number of amides is 4. The van der Waals surface area contributed by atoms with Crippen molar-refractivity contribution >= 4 is 56.9 Å². The molecule has 0 spiro atoms. The number of nitrogens with one attached hydrogen (secondary N) is 1. The van der Waals surface area contributed by atoms with E-state index in [1.54, 1.807) is 35.0 Å². The third kappa shape index (κ3) is 6.67. The minimum atomic E-state index is -0.793. The van der Waals surface area contributed by atoms with Crippen LogP contribution in [0.2, 0.25) is 0 Å². The Morgan fingerprint density at radius 3 is 2.57 bits per heavy atom. The molecule has 12 nitrogen and oxygen atoms in total. The maximum atomic E-state index is 14.2. The monoisotopic (exact) mass is 653 g/mol. The molecule has 4 aromatic rings. The minimum absolute atomic E-state index is 0.0532. The van der Waals surface area contributed by atoms with Gasteiger partial charge in [0.1, 0.15) is 24.2 Å². The minimum Gasteiger partial charge on any atom is -0.497 e. The number of benzene rings is 3. The lowest BCUT2D eigenvalue weighted by atomic mass is 9.99. The van der Waals surface area contributed by atoms with Gasteiger partial charge < -0.3 is 25.6 Å². The number of aromatic nitrogens is 1. The van der Waals surface area contributed by atoms with E-state index >= 15 is 0 Å². The Morgan fingerprint density at radius 2 is 1.85 bits per heavy atom. The molecule has 2 atom stereocenters. The molecular weight excluding hydrogens is 618 g/mol. The van der Waals surface area contributed by atoms with Crippen molar-refractivity contribution < 1.29 is 23.9 Å². The molecule has 2 aliphatic heterocycles. The third-order valence-electron chi connectivity index (χ3n) is 8.50. The fraction of sp³-hybridized carbons (Fsp3) is 0.265. The van der Waals surface area contributed by atoms with Gasteiger partial charge in [-0.25, -0.2) is 9.78 Å². The van der Waals surface area contributed by atoms with Gasteiger partial charge in [-0.2, -0.15) is 5.01 Å². The van der Waals surface area contributed by atoms with E-state index in [9.17, 15) is 19.2 Å². The number of piperazine rings is 1. The summed E-state index contributed by atoms with van der Waals surface area (Å²) < 4.78 is 6.14. The maximum Gasteiger partial charge on any atom is 0.332 e. The van der Waals surface area contributed by atoms with Crippen molar-refractivity contribution in [3.05, 3.63) is 95.1 Å². The largest absolute Gasteiger partial charge is 0.497 e. The van der Waals surface area contributed by atoms with E-state index in [1.165, 1.54) is 22.4 Å². The molecule has 0 radical (unpaired) electrons. The highest BCUT2D eigenvalue weighted by Gasteiger charge is 2.51. The number of hydrazine groups is 1. The molecule has 2 saturated heterocycles. The van der Waals surface area contributed by atoms with E-state index in [0.29, 0.717) is 11.4 Å². The zero-order chi connectivity index (χ0) is 33.1. The summed E-state index contributed by atoms with van der Waals surface area (Å²) >= 11 is 1.39. The van der Waals surface area contributed by atoms with Crippen LogP contribution in [0.15, 0.2) is 72.8 Å². The molecule has 0 bridgehead atoms. The van der Waals surface area contributed by atoms with Crippen molar-refractivity contribution in [2.24, 2.45) is 0 Å². The number of aldehydes is 1. The number of thiazole rings is 1. The summed E-state index contributed by atoms with van der Waals surface area (Å²) in [7, 11) is 3.22.